The first-order chi connectivity index (χ1) is 19.8. The smallest absolute Gasteiger partial charge is 0.264 e. The average molecular weight is 613 g/mol. The van der Waals surface area contributed by atoms with Crippen LogP contribution >= 0.6 is 11.6 Å². The molecule has 1 spiro atoms. The summed E-state index contributed by atoms with van der Waals surface area (Å²) in [4.78, 5) is 15.6. The number of benzene rings is 2. The highest BCUT2D eigenvalue weighted by Gasteiger charge is 2.52. The second-order valence-corrected chi connectivity index (χ2v) is 16.0. The molecule has 0 radical (unpaired) electrons. The lowest BCUT2D eigenvalue weighted by Crippen LogP contribution is -2.57. The van der Waals surface area contributed by atoms with Crippen LogP contribution in [0.2, 0.25) is 5.02 Å². The lowest BCUT2D eigenvalue weighted by molar-refractivity contribution is -0.0831. The third kappa shape index (κ3) is 5.24. The number of aryl methyl sites for hydroxylation is 1. The standard InChI is InChI=1S/C33H41ClN2O5S/c1-22-7-4-5-14-32(3,38)29-13-16-31(29,2)19-36-20-33(15-6-8-23-17-25(34)10-11-26(23)33)21-41-28-12-9-24(18-27(28)36)30(37)35-42(22,39)40/h5,9-12,14,17-18,22,29,38H,4,6-8,13,15-16,19-21H2,1-3H3,(H,35,37)/b14-5+/t22-,29-,31?,32+,33+/m1/s1. The van der Waals surface area contributed by atoms with Gasteiger partial charge < -0.3 is 14.7 Å². The second kappa shape index (κ2) is 10.6. The number of rotatable bonds is 0. The van der Waals surface area contributed by atoms with E-state index in [4.69, 9.17) is 16.3 Å². The summed E-state index contributed by atoms with van der Waals surface area (Å²) in [6.07, 6.45) is 9.39. The molecule has 0 saturated heterocycles. The van der Waals surface area contributed by atoms with Gasteiger partial charge in [-0.25, -0.2) is 13.1 Å². The van der Waals surface area contributed by atoms with Crippen molar-refractivity contribution in [3.63, 3.8) is 0 Å². The summed E-state index contributed by atoms with van der Waals surface area (Å²) in [5, 5.41) is 11.6. The maximum Gasteiger partial charge on any atom is 0.264 e. The highest BCUT2D eigenvalue weighted by atomic mass is 35.5. The maximum atomic E-state index is 13.3. The summed E-state index contributed by atoms with van der Waals surface area (Å²) < 4.78 is 34.9. The van der Waals surface area contributed by atoms with Gasteiger partial charge in [0.1, 0.15) is 5.75 Å². The molecule has 2 aliphatic carbocycles. The van der Waals surface area contributed by atoms with E-state index in [0.29, 0.717) is 38.3 Å². The van der Waals surface area contributed by atoms with E-state index in [9.17, 15) is 18.3 Å². The summed E-state index contributed by atoms with van der Waals surface area (Å²) in [6, 6.07) is 11.4. The van der Waals surface area contributed by atoms with Crippen LogP contribution in [0.1, 0.15) is 80.8 Å². The van der Waals surface area contributed by atoms with Crippen LogP contribution in [0.25, 0.3) is 0 Å². The van der Waals surface area contributed by atoms with Gasteiger partial charge in [-0.2, -0.15) is 0 Å². The molecule has 42 heavy (non-hydrogen) atoms. The minimum absolute atomic E-state index is 0.0304. The van der Waals surface area contributed by atoms with E-state index in [1.54, 1.807) is 25.1 Å². The van der Waals surface area contributed by atoms with E-state index in [-0.39, 0.29) is 22.3 Å². The van der Waals surface area contributed by atoms with Gasteiger partial charge in [0.05, 0.1) is 23.1 Å². The zero-order valence-electron chi connectivity index (χ0n) is 24.7. The molecule has 1 unspecified atom stereocenters. The van der Waals surface area contributed by atoms with E-state index in [1.165, 1.54) is 11.1 Å². The normalized spacial score (nSPS) is 35.1. The Bertz CT molecular complexity index is 1540. The molecular formula is C33H41ClN2O5S. The number of anilines is 1. The molecule has 2 heterocycles. The second-order valence-electron chi connectivity index (χ2n) is 13.5. The van der Waals surface area contributed by atoms with Gasteiger partial charge in [-0.3, -0.25) is 4.79 Å². The largest absolute Gasteiger partial charge is 0.490 e. The number of aliphatic hydroxyl groups is 1. The number of nitrogens with one attached hydrogen (secondary N) is 1. The Morgan fingerprint density at radius 3 is 2.67 bits per heavy atom. The Labute approximate surface area is 254 Å². The molecule has 1 amide bonds. The van der Waals surface area contributed by atoms with E-state index >= 15 is 0 Å². The van der Waals surface area contributed by atoms with E-state index in [1.807, 2.05) is 25.1 Å². The maximum absolute atomic E-state index is 13.3. The lowest BCUT2D eigenvalue weighted by Gasteiger charge is -2.55. The van der Waals surface area contributed by atoms with Crippen molar-refractivity contribution in [1.82, 2.24) is 4.72 Å². The van der Waals surface area contributed by atoms with Gasteiger partial charge in [0.2, 0.25) is 10.0 Å². The van der Waals surface area contributed by atoms with Crippen molar-refractivity contribution in [2.75, 3.05) is 24.6 Å². The summed E-state index contributed by atoms with van der Waals surface area (Å²) in [5.41, 5.74) is 2.06. The summed E-state index contributed by atoms with van der Waals surface area (Å²) >= 11 is 6.40. The van der Waals surface area contributed by atoms with E-state index in [2.05, 4.69) is 28.7 Å². The molecule has 6 rings (SSSR count). The molecule has 2 bridgehead atoms. The number of sulfonamides is 1. The van der Waals surface area contributed by atoms with Gasteiger partial charge >= 0.3 is 0 Å². The Morgan fingerprint density at radius 2 is 1.90 bits per heavy atom. The van der Waals surface area contributed by atoms with Crippen LogP contribution in [0.15, 0.2) is 48.6 Å². The van der Waals surface area contributed by atoms with Crippen molar-refractivity contribution in [2.24, 2.45) is 11.3 Å². The lowest BCUT2D eigenvalue weighted by atomic mass is 9.55. The highest BCUT2D eigenvalue weighted by molar-refractivity contribution is 7.90. The Morgan fingerprint density at radius 1 is 1.10 bits per heavy atom. The number of carbonyl (C=O) groups excluding carboxylic acids is 1. The monoisotopic (exact) mass is 612 g/mol. The number of hydrogen-bond acceptors (Lipinski definition) is 6. The molecule has 2 aliphatic heterocycles. The van der Waals surface area contributed by atoms with Gasteiger partial charge in [0.25, 0.3) is 5.91 Å². The summed E-state index contributed by atoms with van der Waals surface area (Å²) in [7, 11) is -3.89. The average Bonchev–Trinajstić information content (AvgIpc) is 3.06. The number of ether oxygens (including phenoxy) is 1. The molecule has 1 saturated carbocycles. The van der Waals surface area contributed by atoms with Crippen LogP contribution in [0.3, 0.4) is 0 Å². The molecular weight excluding hydrogens is 572 g/mol. The zero-order valence-corrected chi connectivity index (χ0v) is 26.2. The third-order valence-electron chi connectivity index (χ3n) is 10.4. The van der Waals surface area contributed by atoms with Crippen molar-refractivity contribution >= 4 is 33.2 Å². The van der Waals surface area contributed by atoms with Gasteiger partial charge in [0, 0.05) is 29.1 Å². The SMILES string of the molecule is C[C@@H]1CC/C=C/[C@](C)(O)[C@@H]2CCC2(C)CN2C[C@@]3(CCCc4cc(Cl)ccc43)COc3ccc(cc32)C(=O)NS1(=O)=O. The predicted molar refractivity (Wildman–Crippen MR) is 166 cm³/mol. The highest BCUT2D eigenvalue weighted by Crippen LogP contribution is 2.54. The van der Waals surface area contributed by atoms with Crippen LogP contribution in [-0.4, -0.2) is 50.0 Å². The number of carbonyl (C=O) groups is 1. The van der Waals surface area contributed by atoms with Crippen molar-refractivity contribution in [2.45, 2.75) is 82.0 Å². The third-order valence-corrected chi connectivity index (χ3v) is 12.4. The molecule has 2 aromatic rings. The number of fused-ring (bicyclic) bond motifs is 4. The predicted octanol–water partition coefficient (Wildman–Crippen LogP) is 5.78. The molecule has 9 heteroatoms. The first-order valence-corrected chi connectivity index (χ1v) is 17.0. The molecule has 2 N–H and O–H groups in total. The number of amides is 1. The van der Waals surface area contributed by atoms with E-state index < -0.39 is 26.8 Å². The fourth-order valence-electron chi connectivity index (χ4n) is 7.85. The quantitative estimate of drug-likeness (QED) is 0.366. The fraction of sp³-hybridized carbons (Fsp3) is 0.545. The molecule has 0 aromatic heterocycles. The summed E-state index contributed by atoms with van der Waals surface area (Å²) in [6.45, 7) is 7.57. The van der Waals surface area contributed by atoms with Gasteiger partial charge in [-0.05, 0) is 112 Å². The Hall–Kier alpha value is -2.55. The van der Waals surface area contributed by atoms with Crippen LogP contribution in [0, 0.1) is 11.3 Å². The first-order valence-electron chi connectivity index (χ1n) is 15.1. The van der Waals surface area contributed by atoms with Crippen molar-refractivity contribution < 1.29 is 23.1 Å². The van der Waals surface area contributed by atoms with Crippen molar-refractivity contribution in [3.05, 3.63) is 70.3 Å². The van der Waals surface area contributed by atoms with Gasteiger partial charge in [-0.1, -0.05) is 36.7 Å². The molecule has 4 aliphatic rings. The Kier molecular flexibility index (Phi) is 7.42. The minimum Gasteiger partial charge on any atom is -0.490 e. The van der Waals surface area contributed by atoms with Crippen LogP contribution < -0.4 is 14.4 Å². The van der Waals surface area contributed by atoms with Crippen LogP contribution in [0.5, 0.6) is 5.75 Å². The van der Waals surface area contributed by atoms with Crippen molar-refractivity contribution in [3.8, 4) is 5.75 Å². The topological polar surface area (TPSA) is 95.9 Å². The molecule has 2 aromatic carbocycles. The number of nitrogens with zero attached hydrogens (tertiary/aromatic N) is 1. The van der Waals surface area contributed by atoms with Crippen molar-refractivity contribution in [1.29, 1.82) is 0 Å². The van der Waals surface area contributed by atoms with Gasteiger partial charge in [0.15, 0.2) is 0 Å². The molecule has 7 nitrogen and oxygen atoms in total. The van der Waals surface area contributed by atoms with E-state index in [0.717, 1.165) is 42.8 Å². The molecule has 5 atom stereocenters. The van der Waals surface area contributed by atoms with Crippen LogP contribution in [-0.2, 0) is 21.9 Å². The summed E-state index contributed by atoms with van der Waals surface area (Å²) in [5.74, 6) is 0.0651. The minimum atomic E-state index is -3.89. The first kappa shape index (κ1) is 29.5. The Balaban J connectivity index is 1.46. The van der Waals surface area contributed by atoms with Crippen LogP contribution in [0.4, 0.5) is 5.69 Å². The number of halogens is 1. The fourth-order valence-corrected chi connectivity index (χ4v) is 9.07. The number of allylic oxidation sites excluding steroid dienone is 1. The molecule has 226 valence electrons. The number of hydrogen-bond donors (Lipinski definition) is 2. The molecule has 1 fully saturated rings. The van der Waals surface area contributed by atoms with Gasteiger partial charge in [-0.15, -0.1) is 0 Å². The zero-order chi connectivity index (χ0) is 29.9.